The molecule has 0 aromatic carbocycles. The van der Waals surface area contributed by atoms with E-state index in [4.69, 9.17) is 13.6 Å². The molecule has 0 spiro atoms. The zero-order valence-electron chi connectivity index (χ0n) is 3.94. The summed E-state index contributed by atoms with van der Waals surface area (Å²) < 4.78 is 0. The second kappa shape index (κ2) is 2.82. The Morgan fingerprint density at radius 1 is 2.00 bits per heavy atom. The highest BCUT2D eigenvalue weighted by molar-refractivity contribution is 6.10. The zero-order valence-corrected chi connectivity index (χ0v) is 3.94. The van der Waals surface area contributed by atoms with Gasteiger partial charge in [-0.2, -0.15) is 0 Å². The molecule has 32 valence electrons. The molecule has 2 N–H and O–H groups in total. The van der Waals surface area contributed by atoms with E-state index in [1.165, 1.54) is 6.20 Å². The molecule has 2 heteroatoms. The van der Waals surface area contributed by atoms with E-state index in [9.17, 15) is 0 Å². The summed E-state index contributed by atoms with van der Waals surface area (Å²) in [5, 5.41) is 0. The summed E-state index contributed by atoms with van der Waals surface area (Å²) in [5.74, 6) is 0. The van der Waals surface area contributed by atoms with E-state index < -0.39 is 0 Å². The van der Waals surface area contributed by atoms with Gasteiger partial charge in [-0.3, -0.25) is 0 Å². The molecule has 0 unspecified atom stereocenters. The van der Waals surface area contributed by atoms with Gasteiger partial charge in [0, 0.05) is 0 Å². The van der Waals surface area contributed by atoms with Gasteiger partial charge in [-0.15, -0.1) is 0 Å². The maximum Gasteiger partial charge on any atom is 0.0712 e. The van der Waals surface area contributed by atoms with Crippen molar-refractivity contribution >= 4 is 7.85 Å². The van der Waals surface area contributed by atoms with E-state index in [1.54, 1.807) is 0 Å². The van der Waals surface area contributed by atoms with Crippen molar-refractivity contribution in [1.82, 2.24) is 0 Å². The molecule has 2 radical (unpaired) electrons. The molecule has 0 amide bonds. The fourth-order valence-corrected chi connectivity index (χ4v) is 0.0680. The Labute approximate surface area is 39.6 Å². The molecule has 6 heavy (non-hydrogen) atoms. The third-order valence-corrected chi connectivity index (χ3v) is 0.606. The molecular weight excluding hydrogens is 72.9 g/mol. The van der Waals surface area contributed by atoms with Crippen molar-refractivity contribution in [3.63, 3.8) is 0 Å². The fourth-order valence-electron chi connectivity index (χ4n) is 0.0680. The van der Waals surface area contributed by atoms with Crippen molar-refractivity contribution in [2.75, 3.05) is 0 Å². The average Bonchev–Trinajstić information content (AvgIpc) is 1.65. The molecule has 0 aliphatic rings. The molecule has 0 atom stereocenters. The second-order valence-electron chi connectivity index (χ2n) is 1.22. The fraction of sp³-hybridized carbons (Fsp3) is 0.500. The van der Waals surface area contributed by atoms with Crippen LogP contribution in [0.15, 0.2) is 11.8 Å². The number of hydrogen-bond acceptors (Lipinski definition) is 1. The van der Waals surface area contributed by atoms with E-state index in [0.717, 1.165) is 5.57 Å². The van der Waals surface area contributed by atoms with Gasteiger partial charge in [-0.25, -0.2) is 0 Å². The Kier molecular flexibility index (Phi) is 2.64. The Morgan fingerprint density at radius 2 is 2.50 bits per heavy atom. The topological polar surface area (TPSA) is 26.0 Å². The van der Waals surface area contributed by atoms with Crippen molar-refractivity contribution in [2.45, 2.75) is 13.2 Å². The minimum atomic E-state index is 0.566. The van der Waals surface area contributed by atoms with E-state index in [2.05, 4.69) is 0 Å². The van der Waals surface area contributed by atoms with E-state index in [1.807, 2.05) is 6.92 Å². The highest BCUT2D eigenvalue weighted by atomic mass is 14.5. The number of allylic oxidation sites excluding steroid dienone is 1. The van der Waals surface area contributed by atoms with Crippen LogP contribution in [0.25, 0.3) is 0 Å². The molecule has 0 saturated carbocycles. The standard InChI is InChI=1S/C4H8BN/c1-4(2-5)3-6/h3H,2,6H2,1H3/b4-3-. The minimum absolute atomic E-state index is 0.566. The van der Waals surface area contributed by atoms with Gasteiger partial charge in [0.15, 0.2) is 0 Å². The largest absolute Gasteiger partial charge is 0.405 e. The van der Waals surface area contributed by atoms with Crippen LogP contribution in [0.3, 0.4) is 0 Å². The molecule has 0 heterocycles. The SMILES string of the molecule is [B]C/C(C)=C\N. The molecule has 0 aromatic rings. The molecule has 0 aromatic heterocycles. The van der Waals surface area contributed by atoms with E-state index >= 15 is 0 Å². The molecule has 0 fully saturated rings. The Balaban J connectivity index is 3.22. The minimum Gasteiger partial charge on any atom is -0.405 e. The van der Waals surface area contributed by atoms with E-state index in [0.29, 0.717) is 6.32 Å². The van der Waals surface area contributed by atoms with Crippen LogP contribution in [0, 0.1) is 0 Å². The Morgan fingerprint density at radius 3 is 2.50 bits per heavy atom. The average molecular weight is 80.9 g/mol. The number of rotatable bonds is 1. The molecular formula is C4H8BN. The maximum absolute atomic E-state index is 5.13. The van der Waals surface area contributed by atoms with Crippen LogP contribution in [0.5, 0.6) is 0 Å². The predicted molar refractivity (Wildman–Crippen MR) is 28.5 cm³/mol. The molecule has 0 aliphatic carbocycles. The van der Waals surface area contributed by atoms with Crippen LogP contribution in [-0.2, 0) is 0 Å². The molecule has 1 nitrogen and oxygen atoms in total. The van der Waals surface area contributed by atoms with Crippen LogP contribution >= 0.6 is 0 Å². The second-order valence-corrected chi connectivity index (χ2v) is 1.22. The van der Waals surface area contributed by atoms with Gasteiger partial charge >= 0.3 is 0 Å². The van der Waals surface area contributed by atoms with Crippen LogP contribution in [0.1, 0.15) is 6.92 Å². The summed E-state index contributed by atoms with van der Waals surface area (Å²) in [6, 6.07) is 0. The summed E-state index contributed by atoms with van der Waals surface area (Å²) in [5.41, 5.74) is 6.06. The van der Waals surface area contributed by atoms with Gasteiger partial charge in [0.1, 0.15) is 0 Å². The molecule has 0 saturated heterocycles. The van der Waals surface area contributed by atoms with Gasteiger partial charge in [0.25, 0.3) is 0 Å². The summed E-state index contributed by atoms with van der Waals surface area (Å²) in [7, 11) is 5.13. The summed E-state index contributed by atoms with van der Waals surface area (Å²) >= 11 is 0. The first-order valence-electron chi connectivity index (χ1n) is 1.88. The number of nitrogens with two attached hydrogens (primary N) is 1. The first-order chi connectivity index (χ1) is 2.81. The first-order valence-corrected chi connectivity index (χ1v) is 1.88. The van der Waals surface area contributed by atoms with Crippen molar-refractivity contribution in [2.24, 2.45) is 5.73 Å². The van der Waals surface area contributed by atoms with Crippen LogP contribution in [0.2, 0.25) is 6.32 Å². The van der Waals surface area contributed by atoms with Crippen LogP contribution < -0.4 is 5.73 Å². The normalized spacial score (nSPS) is 11.8. The third kappa shape index (κ3) is 1.88. The molecule has 0 rings (SSSR count). The summed E-state index contributed by atoms with van der Waals surface area (Å²) in [6.45, 7) is 1.89. The smallest absolute Gasteiger partial charge is 0.0712 e. The quantitative estimate of drug-likeness (QED) is 0.455. The van der Waals surface area contributed by atoms with Crippen molar-refractivity contribution in [1.29, 1.82) is 0 Å². The maximum atomic E-state index is 5.13. The summed E-state index contributed by atoms with van der Waals surface area (Å²) in [4.78, 5) is 0. The van der Waals surface area contributed by atoms with Crippen LogP contribution in [-0.4, -0.2) is 7.85 Å². The Hall–Kier alpha value is -0.395. The van der Waals surface area contributed by atoms with Gasteiger partial charge in [0.2, 0.25) is 0 Å². The molecule has 0 aliphatic heterocycles. The van der Waals surface area contributed by atoms with Crippen molar-refractivity contribution < 1.29 is 0 Å². The highest BCUT2D eigenvalue weighted by Crippen LogP contribution is 1.89. The lowest BCUT2D eigenvalue weighted by atomic mass is 9.99. The monoisotopic (exact) mass is 81.1 g/mol. The highest BCUT2D eigenvalue weighted by Gasteiger charge is 1.73. The predicted octanol–water partition coefficient (Wildman–Crippen LogP) is 0.436. The van der Waals surface area contributed by atoms with E-state index in [-0.39, 0.29) is 0 Å². The van der Waals surface area contributed by atoms with Crippen molar-refractivity contribution in [3.05, 3.63) is 11.8 Å². The Bertz CT molecular complexity index is 58.6. The van der Waals surface area contributed by atoms with Gasteiger partial charge < -0.3 is 5.73 Å². The van der Waals surface area contributed by atoms with Gasteiger partial charge in [-0.1, -0.05) is 11.9 Å². The summed E-state index contributed by atoms with van der Waals surface area (Å²) in [6.07, 6.45) is 2.08. The lowest BCUT2D eigenvalue weighted by Gasteiger charge is -1.85. The third-order valence-electron chi connectivity index (χ3n) is 0.606. The zero-order chi connectivity index (χ0) is 4.99. The first kappa shape index (κ1) is 5.60. The van der Waals surface area contributed by atoms with Gasteiger partial charge in [0.05, 0.1) is 7.85 Å². The molecule has 0 bridgehead atoms. The lowest BCUT2D eigenvalue weighted by Crippen LogP contribution is -1.81. The lowest BCUT2D eigenvalue weighted by molar-refractivity contribution is 1.33. The van der Waals surface area contributed by atoms with Gasteiger partial charge in [-0.05, 0) is 13.1 Å². The van der Waals surface area contributed by atoms with Crippen molar-refractivity contribution in [3.8, 4) is 0 Å². The van der Waals surface area contributed by atoms with Crippen LogP contribution in [0.4, 0.5) is 0 Å². The number of hydrogen-bond donors (Lipinski definition) is 1.